The fourth-order valence-corrected chi connectivity index (χ4v) is 3.40. The molecule has 0 unspecified atom stereocenters. The predicted molar refractivity (Wildman–Crippen MR) is 84.0 cm³/mol. The van der Waals surface area contributed by atoms with Crippen LogP contribution in [0.3, 0.4) is 0 Å². The van der Waals surface area contributed by atoms with E-state index in [9.17, 15) is 9.59 Å². The highest BCUT2D eigenvalue weighted by atomic mass is 16.5. The van der Waals surface area contributed by atoms with Crippen LogP contribution in [-0.4, -0.2) is 43.5 Å². The summed E-state index contributed by atoms with van der Waals surface area (Å²) < 4.78 is 5.24. The van der Waals surface area contributed by atoms with Crippen LogP contribution in [0.1, 0.15) is 25.3 Å². The van der Waals surface area contributed by atoms with Gasteiger partial charge < -0.3 is 14.5 Å². The smallest absolute Gasteiger partial charge is 0.230 e. The van der Waals surface area contributed by atoms with E-state index in [1.54, 1.807) is 14.0 Å². The summed E-state index contributed by atoms with van der Waals surface area (Å²) in [6, 6.07) is 5.90. The normalized spacial score (nSPS) is 18.3. The van der Waals surface area contributed by atoms with Gasteiger partial charge in [0.2, 0.25) is 11.8 Å². The molecule has 2 amide bonds. The Bertz CT molecular complexity index is 592. The Morgan fingerprint density at radius 2 is 1.91 bits per heavy atom. The third kappa shape index (κ3) is 2.67. The first-order valence-electron chi connectivity index (χ1n) is 7.84. The summed E-state index contributed by atoms with van der Waals surface area (Å²) >= 11 is 0. The van der Waals surface area contributed by atoms with Crippen LogP contribution in [0.2, 0.25) is 0 Å². The SMILES string of the molecule is COc1ccc2c(c1)CCN2C(=O)C1CCN(C(C)=O)CC1. The van der Waals surface area contributed by atoms with Gasteiger partial charge in [0.15, 0.2) is 0 Å². The molecule has 2 aliphatic heterocycles. The summed E-state index contributed by atoms with van der Waals surface area (Å²) in [7, 11) is 1.66. The van der Waals surface area contributed by atoms with Crippen LogP contribution < -0.4 is 9.64 Å². The van der Waals surface area contributed by atoms with Gasteiger partial charge in [0, 0.05) is 38.2 Å². The number of amides is 2. The molecule has 0 aromatic heterocycles. The molecule has 0 aliphatic carbocycles. The number of carbonyl (C=O) groups is 2. The fourth-order valence-electron chi connectivity index (χ4n) is 3.40. The van der Waals surface area contributed by atoms with Gasteiger partial charge in [-0.25, -0.2) is 0 Å². The number of hydrogen-bond acceptors (Lipinski definition) is 3. The van der Waals surface area contributed by atoms with Crippen molar-refractivity contribution in [1.29, 1.82) is 0 Å². The van der Waals surface area contributed by atoms with E-state index in [1.165, 1.54) is 5.56 Å². The van der Waals surface area contributed by atoms with Crippen molar-refractivity contribution in [3.05, 3.63) is 23.8 Å². The van der Waals surface area contributed by atoms with E-state index in [0.29, 0.717) is 13.1 Å². The summed E-state index contributed by atoms with van der Waals surface area (Å²) in [4.78, 5) is 27.9. The van der Waals surface area contributed by atoms with Gasteiger partial charge in [0.1, 0.15) is 5.75 Å². The molecule has 2 heterocycles. The van der Waals surface area contributed by atoms with Gasteiger partial charge >= 0.3 is 0 Å². The van der Waals surface area contributed by atoms with Crippen LogP contribution in [0, 0.1) is 5.92 Å². The van der Waals surface area contributed by atoms with E-state index >= 15 is 0 Å². The molecule has 1 aromatic rings. The molecule has 1 saturated heterocycles. The van der Waals surface area contributed by atoms with E-state index < -0.39 is 0 Å². The number of piperidine rings is 1. The molecule has 2 aliphatic rings. The fraction of sp³-hybridized carbons (Fsp3) is 0.529. The zero-order valence-corrected chi connectivity index (χ0v) is 13.2. The van der Waals surface area contributed by atoms with Crippen LogP contribution in [0.15, 0.2) is 18.2 Å². The third-order valence-corrected chi connectivity index (χ3v) is 4.74. The summed E-state index contributed by atoms with van der Waals surface area (Å²) in [5.41, 5.74) is 2.19. The first-order chi connectivity index (χ1) is 10.6. The Hall–Kier alpha value is -2.04. The molecule has 0 saturated carbocycles. The first-order valence-corrected chi connectivity index (χ1v) is 7.84. The van der Waals surface area contributed by atoms with Gasteiger partial charge in [-0.3, -0.25) is 9.59 Å². The van der Waals surface area contributed by atoms with Gasteiger partial charge in [0.25, 0.3) is 0 Å². The number of rotatable bonds is 2. The molecule has 118 valence electrons. The van der Waals surface area contributed by atoms with Crippen LogP contribution in [-0.2, 0) is 16.0 Å². The number of nitrogens with zero attached hydrogens (tertiary/aromatic N) is 2. The van der Waals surface area contributed by atoms with Crippen molar-refractivity contribution >= 4 is 17.5 Å². The van der Waals surface area contributed by atoms with Gasteiger partial charge in [-0.2, -0.15) is 0 Å². The lowest BCUT2D eigenvalue weighted by Crippen LogP contribution is -2.43. The van der Waals surface area contributed by atoms with Crippen molar-refractivity contribution in [3.63, 3.8) is 0 Å². The summed E-state index contributed by atoms with van der Waals surface area (Å²) in [6.45, 7) is 3.71. The minimum Gasteiger partial charge on any atom is -0.497 e. The summed E-state index contributed by atoms with van der Waals surface area (Å²) in [5.74, 6) is 1.17. The largest absolute Gasteiger partial charge is 0.497 e. The van der Waals surface area contributed by atoms with E-state index in [-0.39, 0.29) is 17.7 Å². The monoisotopic (exact) mass is 302 g/mol. The molecule has 3 rings (SSSR count). The predicted octanol–water partition coefficient (Wildman–Crippen LogP) is 1.84. The minimum absolute atomic E-state index is 0.0312. The van der Waals surface area contributed by atoms with Crippen molar-refractivity contribution in [1.82, 2.24) is 4.90 Å². The number of ether oxygens (including phenoxy) is 1. The van der Waals surface area contributed by atoms with E-state index in [1.807, 2.05) is 28.0 Å². The van der Waals surface area contributed by atoms with Gasteiger partial charge in [-0.1, -0.05) is 0 Å². The summed E-state index contributed by atoms with van der Waals surface area (Å²) in [6.07, 6.45) is 2.41. The minimum atomic E-state index is 0.0312. The molecule has 0 spiro atoms. The Balaban J connectivity index is 1.69. The average Bonchev–Trinajstić information content (AvgIpc) is 2.97. The van der Waals surface area contributed by atoms with Gasteiger partial charge in [-0.05, 0) is 43.0 Å². The van der Waals surface area contributed by atoms with Crippen LogP contribution >= 0.6 is 0 Å². The van der Waals surface area contributed by atoms with Crippen molar-refractivity contribution in [2.75, 3.05) is 31.6 Å². The molecular weight excluding hydrogens is 280 g/mol. The van der Waals surface area contributed by atoms with Crippen molar-refractivity contribution < 1.29 is 14.3 Å². The second-order valence-corrected chi connectivity index (χ2v) is 6.01. The van der Waals surface area contributed by atoms with Gasteiger partial charge in [-0.15, -0.1) is 0 Å². The molecule has 5 nitrogen and oxygen atoms in total. The Kier molecular flexibility index (Phi) is 4.05. The Labute approximate surface area is 130 Å². The van der Waals surface area contributed by atoms with E-state index in [2.05, 4.69) is 0 Å². The van der Waals surface area contributed by atoms with Gasteiger partial charge in [0.05, 0.1) is 7.11 Å². The zero-order valence-electron chi connectivity index (χ0n) is 13.2. The molecule has 22 heavy (non-hydrogen) atoms. The lowest BCUT2D eigenvalue weighted by Gasteiger charge is -2.32. The highest BCUT2D eigenvalue weighted by Gasteiger charge is 2.33. The number of fused-ring (bicyclic) bond motifs is 1. The third-order valence-electron chi connectivity index (χ3n) is 4.74. The number of methoxy groups -OCH3 is 1. The van der Waals surface area contributed by atoms with Crippen LogP contribution in [0.5, 0.6) is 5.75 Å². The second kappa shape index (κ2) is 5.99. The molecule has 0 atom stereocenters. The number of anilines is 1. The van der Waals surface area contributed by atoms with E-state index in [4.69, 9.17) is 4.74 Å². The Morgan fingerprint density at radius 1 is 1.18 bits per heavy atom. The lowest BCUT2D eigenvalue weighted by atomic mass is 9.95. The molecule has 0 radical (unpaired) electrons. The number of carbonyl (C=O) groups excluding carboxylic acids is 2. The highest BCUT2D eigenvalue weighted by Crippen LogP contribution is 2.33. The van der Waals surface area contributed by atoms with Crippen molar-refractivity contribution in [3.8, 4) is 5.75 Å². The van der Waals surface area contributed by atoms with E-state index in [0.717, 1.165) is 37.2 Å². The molecule has 5 heteroatoms. The molecule has 1 fully saturated rings. The van der Waals surface area contributed by atoms with Crippen LogP contribution in [0.4, 0.5) is 5.69 Å². The topological polar surface area (TPSA) is 49.9 Å². The Morgan fingerprint density at radius 3 is 2.55 bits per heavy atom. The first kappa shape index (κ1) is 14.9. The lowest BCUT2D eigenvalue weighted by molar-refractivity contribution is -0.133. The second-order valence-electron chi connectivity index (χ2n) is 6.01. The molecule has 0 N–H and O–H groups in total. The molecule has 1 aromatic carbocycles. The number of hydrogen-bond donors (Lipinski definition) is 0. The van der Waals surface area contributed by atoms with Crippen LogP contribution in [0.25, 0.3) is 0 Å². The molecule has 0 bridgehead atoms. The van der Waals surface area contributed by atoms with Crippen molar-refractivity contribution in [2.24, 2.45) is 5.92 Å². The quantitative estimate of drug-likeness (QED) is 0.837. The standard InChI is InChI=1S/C17H22N2O3/c1-12(20)18-8-5-13(6-9-18)17(21)19-10-7-14-11-15(22-2)3-4-16(14)19/h3-4,11,13H,5-10H2,1-2H3. The maximum atomic E-state index is 12.8. The maximum Gasteiger partial charge on any atom is 0.230 e. The molecular formula is C17H22N2O3. The zero-order chi connectivity index (χ0) is 15.7. The number of benzene rings is 1. The summed E-state index contributed by atoms with van der Waals surface area (Å²) in [5, 5.41) is 0. The van der Waals surface area contributed by atoms with Crippen molar-refractivity contribution in [2.45, 2.75) is 26.2 Å². The average molecular weight is 302 g/mol. The highest BCUT2D eigenvalue weighted by molar-refractivity contribution is 5.97. The maximum absolute atomic E-state index is 12.8. The number of likely N-dealkylation sites (tertiary alicyclic amines) is 1.